The van der Waals surface area contributed by atoms with Crippen molar-refractivity contribution < 1.29 is 23.0 Å². The van der Waals surface area contributed by atoms with Gasteiger partial charge in [0.05, 0.1) is 12.6 Å². The van der Waals surface area contributed by atoms with Crippen molar-refractivity contribution in [3.8, 4) is 5.75 Å². The first-order valence-corrected chi connectivity index (χ1v) is 7.63. The first kappa shape index (κ1) is 17.6. The van der Waals surface area contributed by atoms with Crippen LogP contribution in [0, 0.1) is 0 Å². The molecular formula is C16H22F2N2O3. The Balaban J connectivity index is 1.70. The summed E-state index contributed by atoms with van der Waals surface area (Å²) in [5.41, 5.74) is 0.918. The Hall–Kier alpha value is -1.73. The molecule has 1 aromatic carbocycles. The van der Waals surface area contributed by atoms with Crippen LogP contribution in [0.5, 0.6) is 5.75 Å². The molecule has 1 atom stereocenters. The molecular weight excluding hydrogens is 306 g/mol. The van der Waals surface area contributed by atoms with Gasteiger partial charge in [-0.1, -0.05) is 12.1 Å². The van der Waals surface area contributed by atoms with Gasteiger partial charge in [0.25, 0.3) is 0 Å². The summed E-state index contributed by atoms with van der Waals surface area (Å²) >= 11 is 0. The summed E-state index contributed by atoms with van der Waals surface area (Å²) < 4.78 is 33.9. The van der Waals surface area contributed by atoms with Gasteiger partial charge in [-0.05, 0) is 37.6 Å². The minimum absolute atomic E-state index is 0.0550. The van der Waals surface area contributed by atoms with Gasteiger partial charge >= 0.3 is 6.61 Å². The number of rotatable bonds is 8. The second kappa shape index (κ2) is 8.79. The van der Waals surface area contributed by atoms with E-state index in [1.807, 2.05) is 11.9 Å². The van der Waals surface area contributed by atoms with Crippen LogP contribution in [-0.2, 0) is 16.1 Å². The van der Waals surface area contributed by atoms with Gasteiger partial charge in [-0.25, -0.2) is 0 Å². The second-order valence-corrected chi connectivity index (χ2v) is 5.63. The third-order valence-corrected chi connectivity index (χ3v) is 3.57. The Kier molecular flexibility index (Phi) is 6.73. The van der Waals surface area contributed by atoms with Crippen molar-refractivity contribution >= 4 is 5.91 Å². The molecule has 0 saturated carbocycles. The molecule has 1 aliphatic heterocycles. The lowest BCUT2D eigenvalue weighted by Gasteiger charge is -2.17. The molecule has 1 unspecified atom stereocenters. The quantitative estimate of drug-likeness (QED) is 0.793. The molecule has 1 N–H and O–H groups in total. The summed E-state index contributed by atoms with van der Waals surface area (Å²) in [6, 6.07) is 6.40. The fraction of sp³-hybridized carbons (Fsp3) is 0.562. The van der Waals surface area contributed by atoms with Crippen LogP contribution in [-0.4, -0.2) is 50.3 Å². The number of alkyl halides is 2. The van der Waals surface area contributed by atoms with Crippen molar-refractivity contribution in [3.63, 3.8) is 0 Å². The van der Waals surface area contributed by atoms with Crippen molar-refractivity contribution in [2.75, 3.05) is 26.7 Å². The molecule has 128 valence electrons. The van der Waals surface area contributed by atoms with E-state index in [9.17, 15) is 13.6 Å². The van der Waals surface area contributed by atoms with Gasteiger partial charge in [0.15, 0.2) is 0 Å². The molecule has 0 spiro atoms. The highest BCUT2D eigenvalue weighted by Gasteiger charge is 2.16. The van der Waals surface area contributed by atoms with Crippen molar-refractivity contribution in [3.05, 3.63) is 29.8 Å². The molecule has 1 heterocycles. The van der Waals surface area contributed by atoms with E-state index in [1.54, 1.807) is 12.1 Å². The van der Waals surface area contributed by atoms with Crippen LogP contribution in [0.15, 0.2) is 24.3 Å². The molecule has 0 radical (unpaired) electrons. The summed E-state index contributed by atoms with van der Waals surface area (Å²) in [6.45, 7) is -0.696. The minimum atomic E-state index is -2.82. The highest BCUT2D eigenvalue weighted by molar-refractivity contribution is 5.78. The Morgan fingerprint density at radius 1 is 1.43 bits per heavy atom. The molecule has 5 nitrogen and oxygen atoms in total. The normalized spacial score (nSPS) is 17.7. The zero-order valence-corrected chi connectivity index (χ0v) is 13.1. The van der Waals surface area contributed by atoms with E-state index in [0.717, 1.165) is 25.0 Å². The number of ether oxygens (including phenoxy) is 2. The van der Waals surface area contributed by atoms with E-state index in [-0.39, 0.29) is 24.3 Å². The number of carbonyl (C=O) groups excluding carboxylic acids is 1. The van der Waals surface area contributed by atoms with Gasteiger partial charge in [0.1, 0.15) is 5.75 Å². The van der Waals surface area contributed by atoms with E-state index in [0.29, 0.717) is 13.1 Å². The Bertz CT molecular complexity index is 491. The molecule has 1 amide bonds. The third kappa shape index (κ3) is 6.50. The van der Waals surface area contributed by atoms with Gasteiger partial charge < -0.3 is 14.8 Å². The number of carbonyl (C=O) groups is 1. The summed E-state index contributed by atoms with van der Waals surface area (Å²) in [7, 11) is 1.83. The van der Waals surface area contributed by atoms with Gasteiger partial charge in [-0.15, -0.1) is 0 Å². The van der Waals surface area contributed by atoms with Gasteiger partial charge in [0.2, 0.25) is 5.91 Å². The second-order valence-electron chi connectivity index (χ2n) is 5.63. The van der Waals surface area contributed by atoms with Crippen LogP contribution in [0.3, 0.4) is 0 Å². The smallest absolute Gasteiger partial charge is 0.387 e. The molecule has 0 aromatic heterocycles. The lowest BCUT2D eigenvalue weighted by molar-refractivity contribution is -0.122. The van der Waals surface area contributed by atoms with Crippen LogP contribution in [0.4, 0.5) is 8.78 Å². The number of likely N-dealkylation sites (N-methyl/N-ethyl adjacent to an activating group) is 1. The minimum Gasteiger partial charge on any atom is -0.435 e. The lowest BCUT2D eigenvalue weighted by atomic mass is 10.2. The average Bonchev–Trinajstić information content (AvgIpc) is 3.00. The van der Waals surface area contributed by atoms with E-state index in [1.165, 1.54) is 12.1 Å². The van der Waals surface area contributed by atoms with Gasteiger partial charge in [-0.2, -0.15) is 8.78 Å². The van der Waals surface area contributed by atoms with Gasteiger partial charge in [0, 0.05) is 19.7 Å². The highest BCUT2D eigenvalue weighted by atomic mass is 19.3. The number of amides is 1. The molecule has 0 aliphatic carbocycles. The van der Waals surface area contributed by atoms with E-state index in [2.05, 4.69) is 10.1 Å². The summed E-state index contributed by atoms with van der Waals surface area (Å²) in [5.74, 6) is 0.0707. The number of hydrogen-bond donors (Lipinski definition) is 1. The Morgan fingerprint density at radius 2 is 2.17 bits per heavy atom. The molecule has 1 aliphatic rings. The maximum absolute atomic E-state index is 12.1. The highest BCUT2D eigenvalue weighted by Crippen LogP contribution is 2.15. The fourth-order valence-corrected chi connectivity index (χ4v) is 2.48. The monoisotopic (exact) mass is 328 g/mol. The maximum Gasteiger partial charge on any atom is 0.387 e. The number of nitrogens with zero attached hydrogens (tertiary/aromatic N) is 1. The molecule has 1 saturated heterocycles. The van der Waals surface area contributed by atoms with Crippen LogP contribution in [0.2, 0.25) is 0 Å². The van der Waals surface area contributed by atoms with Crippen molar-refractivity contribution in [2.45, 2.75) is 32.1 Å². The molecule has 0 bridgehead atoms. The summed E-state index contributed by atoms with van der Waals surface area (Å²) in [6.07, 6.45) is 2.17. The molecule has 1 fully saturated rings. The predicted molar refractivity (Wildman–Crippen MR) is 81.4 cm³/mol. The SMILES string of the molecule is CN(CC(=O)NCC1CCCO1)Cc1ccc(OC(F)F)cc1. The number of halogens is 2. The molecule has 1 aromatic rings. The van der Waals surface area contributed by atoms with Crippen molar-refractivity contribution in [1.82, 2.24) is 10.2 Å². The largest absolute Gasteiger partial charge is 0.435 e. The zero-order valence-electron chi connectivity index (χ0n) is 13.1. The third-order valence-electron chi connectivity index (χ3n) is 3.57. The zero-order chi connectivity index (χ0) is 16.7. The standard InChI is InChI=1S/C16H22F2N2O3/c1-20(11-15(21)19-9-14-3-2-8-22-14)10-12-4-6-13(7-5-12)23-16(17)18/h4-7,14,16H,2-3,8-11H2,1H3,(H,19,21). The average molecular weight is 328 g/mol. The lowest BCUT2D eigenvalue weighted by Crippen LogP contribution is -2.38. The van der Waals surface area contributed by atoms with Gasteiger partial charge in [-0.3, -0.25) is 9.69 Å². The summed E-state index contributed by atoms with van der Waals surface area (Å²) in [4.78, 5) is 13.7. The fourth-order valence-electron chi connectivity index (χ4n) is 2.48. The predicted octanol–water partition coefficient (Wildman–Crippen LogP) is 2.01. The Labute approximate surface area is 134 Å². The van der Waals surface area contributed by atoms with Crippen LogP contribution in [0.1, 0.15) is 18.4 Å². The van der Waals surface area contributed by atoms with Crippen molar-refractivity contribution in [2.24, 2.45) is 0 Å². The maximum atomic E-state index is 12.1. The first-order valence-electron chi connectivity index (χ1n) is 7.63. The van der Waals surface area contributed by atoms with E-state index >= 15 is 0 Å². The number of benzene rings is 1. The Morgan fingerprint density at radius 3 is 2.78 bits per heavy atom. The van der Waals surface area contributed by atoms with E-state index in [4.69, 9.17) is 4.74 Å². The van der Waals surface area contributed by atoms with Crippen molar-refractivity contribution in [1.29, 1.82) is 0 Å². The van der Waals surface area contributed by atoms with E-state index < -0.39 is 6.61 Å². The topological polar surface area (TPSA) is 50.8 Å². The number of nitrogens with one attached hydrogen (secondary N) is 1. The molecule has 7 heteroatoms. The van der Waals surface area contributed by atoms with Crippen LogP contribution >= 0.6 is 0 Å². The first-order chi connectivity index (χ1) is 11.0. The van der Waals surface area contributed by atoms with Crippen LogP contribution in [0.25, 0.3) is 0 Å². The molecule has 2 rings (SSSR count). The summed E-state index contributed by atoms with van der Waals surface area (Å²) in [5, 5.41) is 2.86. The number of hydrogen-bond acceptors (Lipinski definition) is 4. The van der Waals surface area contributed by atoms with Crippen LogP contribution < -0.4 is 10.1 Å². The molecule has 23 heavy (non-hydrogen) atoms.